The van der Waals surface area contributed by atoms with E-state index < -0.39 is 23.6 Å². The van der Waals surface area contributed by atoms with E-state index in [1.807, 2.05) is 20.0 Å². The molecule has 5 rings (SSSR count). The van der Waals surface area contributed by atoms with Crippen LogP contribution in [0.25, 0.3) is 16.8 Å². The van der Waals surface area contributed by atoms with Crippen molar-refractivity contribution in [3.05, 3.63) is 46.4 Å². The smallest absolute Gasteiger partial charge is 0.410 e. The molecule has 1 aromatic heterocycles. The van der Waals surface area contributed by atoms with Crippen molar-refractivity contribution in [2.45, 2.75) is 39.3 Å². The van der Waals surface area contributed by atoms with Gasteiger partial charge in [-0.2, -0.15) is 0 Å². The summed E-state index contributed by atoms with van der Waals surface area (Å²) in [5.41, 5.74) is 0.582. The van der Waals surface area contributed by atoms with Crippen molar-refractivity contribution in [2.24, 2.45) is 5.92 Å². The molecule has 1 aromatic carbocycles. The van der Waals surface area contributed by atoms with Gasteiger partial charge in [0.05, 0.1) is 17.3 Å². The summed E-state index contributed by atoms with van der Waals surface area (Å²) in [5, 5.41) is 10.5. The molecule has 11 heteroatoms. The Bertz CT molecular complexity index is 1370. The highest BCUT2D eigenvalue weighted by atomic mass is 35.5. The second-order valence-corrected chi connectivity index (χ2v) is 12.0. The number of pyridine rings is 1. The molecule has 214 valence electrons. The van der Waals surface area contributed by atoms with Gasteiger partial charge >= 0.3 is 6.09 Å². The first-order chi connectivity index (χ1) is 18.9. The number of piperazine rings is 1. The summed E-state index contributed by atoms with van der Waals surface area (Å²) in [5.74, 6) is -1.23. The number of halogens is 2. The Kier molecular flexibility index (Phi) is 7.43. The van der Waals surface area contributed by atoms with Crippen LogP contribution in [0.5, 0.6) is 11.5 Å². The number of amides is 2. The number of hydrogen-bond acceptors (Lipinski definition) is 7. The average Bonchev–Trinajstić information content (AvgIpc) is 3.01. The summed E-state index contributed by atoms with van der Waals surface area (Å²) in [6.07, 6.45) is 1.55. The minimum absolute atomic E-state index is 0.00102. The van der Waals surface area contributed by atoms with Gasteiger partial charge in [-0.05, 0) is 51.4 Å². The molecule has 40 heavy (non-hydrogen) atoms. The summed E-state index contributed by atoms with van der Waals surface area (Å²) in [7, 11) is 2.01. The van der Waals surface area contributed by atoms with Gasteiger partial charge in [0.15, 0.2) is 5.75 Å². The quantitative estimate of drug-likeness (QED) is 0.559. The van der Waals surface area contributed by atoms with Gasteiger partial charge in [-0.15, -0.1) is 0 Å². The first kappa shape index (κ1) is 28.2. The Hall–Kier alpha value is -3.37. The number of likely N-dealkylation sites (N-methyl/N-ethyl adjacent to an activating group) is 1. The lowest BCUT2D eigenvalue weighted by atomic mass is 9.90. The molecule has 0 aliphatic carbocycles. The van der Waals surface area contributed by atoms with Crippen molar-refractivity contribution in [2.75, 3.05) is 46.4 Å². The second kappa shape index (κ2) is 10.6. The number of carbonyl (C=O) groups is 2. The van der Waals surface area contributed by atoms with E-state index in [4.69, 9.17) is 26.1 Å². The van der Waals surface area contributed by atoms with Crippen LogP contribution in [0.4, 0.5) is 9.18 Å². The lowest BCUT2D eigenvalue weighted by Crippen LogP contribution is -2.58. The molecular formula is C29H34ClFN4O5. The molecule has 1 unspecified atom stereocenters. The van der Waals surface area contributed by atoms with Crippen LogP contribution in [0.1, 0.15) is 43.7 Å². The SMILES string of the molecule is CC1CN(C)CC=C1c1nc(-c2c(O)cccc2F)c(Cl)c2c1C(=O)N1CCN(C(=O)OC(C)(C)C)C[C@@H]1CO2. The molecule has 3 aliphatic heterocycles. The number of carbonyl (C=O) groups excluding carboxylic acids is 2. The van der Waals surface area contributed by atoms with Gasteiger partial charge < -0.3 is 29.3 Å². The molecule has 0 spiro atoms. The number of hydrogen-bond donors (Lipinski definition) is 1. The predicted molar refractivity (Wildman–Crippen MR) is 149 cm³/mol. The molecule has 2 atom stereocenters. The summed E-state index contributed by atoms with van der Waals surface area (Å²) >= 11 is 6.81. The second-order valence-electron chi connectivity index (χ2n) is 11.6. The normalized spacial score (nSPS) is 21.7. The van der Waals surface area contributed by atoms with Crippen LogP contribution >= 0.6 is 11.6 Å². The van der Waals surface area contributed by atoms with E-state index in [-0.39, 0.29) is 64.9 Å². The average molecular weight is 573 g/mol. The largest absolute Gasteiger partial charge is 0.507 e. The fourth-order valence-electron chi connectivity index (χ4n) is 5.50. The number of aromatic hydroxyl groups is 1. The van der Waals surface area contributed by atoms with Crippen molar-refractivity contribution in [3.8, 4) is 22.8 Å². The Morgan fingerprint density at radius 2 is 1.95 bits per heavy atom. The topological polar surface area (TPSA) is 95.4 Å². The molecule has 9 nitrogen and oxygen atoms in total. The highest BCUT2D eigenvalue weighted by molar-refractivity contribution is 6.35. The van der Waals surface area contributed by atoms with Gasteiger partial charge in [0.25, 0.3) is 5.91 Å². The number of ether oxygens (including phenoxy) is 2. The molecule has 0 saturated carbocycles. The lowest BCUT2D eigenvalue weighted by Gasteiger charge is -2.40. The minimum Gasteiger partial charge on any atom is -0.507 e. The van der Waals surface area contributed by atoms with Crippen molar-refractivity contribution < 1.29 is 28.6 Å². The maximum absolute atomic E-state index is 15.0. The van der Waals surface area contributed by atoms with E-state index in [1.54, 1.807) is 30.6 Å². The van der Waals surface area contributed by atoms with Crippen LogP contribution in [0.15, 0.2) is 24.3 Å². The third-order valence-corrected chi connectivity index (χ3v) is 7.72. The zero-order valence-corrected chi connectivity index (χ0v) is 24.1. The first-order valence-corrected chi connectivity index (χ1v) is 13.8. The van der Waals surface area contributed by atoms with Crippen molar-refractivity contribution >= 4 is 29.2 Å². The third-order valence-electron chi connectivity index (χ3n) is 7.37. The number of nitrogens with zero attached hydrogens (tertiary/aromatic N) is 4. The lowest BCUT2D eigenvalue weighted by molar-refractivity contribution is 0.000944. The predicted octanol–water partition coefficient (Wildman–Crippen LogP) is 4.67. The standard InChI is InChI=1S/C29H34ClFN4O5/c1-16-13-33(5)10-9-18(16)24-22-26(23(30)25(32-24)21-19(31)7-6-8-20(21)36)39-15-17-14-34(11-12-35(17)27(22)37)28(38)40-29(2,3)4/h6-9,16-17,36H,10-15H2,1-5H3/t16?,17-/m1/s1. The minimum atomic E-state index is -0.698. The molecule has 3 aliphatic rings. The van der Waals surface area contributed by atoms with Crippen molar-refractivity contribution in [1.29, 1.82) is 0 Å². The van der Waals surface area contributed by atoms with Crippen LogP contribution in [0, 0.1) is 11.7 Å². The van der Waals surface area contributed by atoms with E-state index in [9.17, 15) is 14.7 Å². The fraction of sp³-hybridized carbons (Fsp3) is 0.483. The van der Waals surface area contributed by atoms with E-state index in [0.717, 1.165) is 12.1 Å². The highest BCUT2D eigenvalue weighted by Gasteiger charge is 2.41. The Morgan fingerprint density at radius 3 is 2.62 bits per heavy atom. The summed E-state index contributed by atoms with van der Waals surface area (Å²) in [4.78, 5) is 37.1. The van der Waals surface area contributed by atoms with E-state index in [0.29, 0.717) is 18.8 Å². The maximum Gasteiger partial charge on any atom is 0.410 e. The van der Waals surface area contributed by atoms with E-state index >= 15 is 4.39 Å². The van der Waals surface area contributed by atoms with Gasteiger partial charge in [-0.25, -0.2) is 14.2 Å². The summed E-state index contributed by atoms with van der Waals surface area (Å²) in [6, 6.07) is 3.51. The number of phenolic OH excluding ortho intramolecular Hbond substituents is 1. The maximum atomic E-state index is 15.0. The van der Waals surface area contributed by atoms with Crippen molar-refractivity contribution in [1.82, 2.24) is 19.7 Å². The summed E-state index contributed by atoms with van der Waals surface area (Å²) < 4.78 is 26.8. The number of rotatable bonds is 2. The van der Waals surface area contributed by atoms with Gasteiger partial charge in [-0.1, -0.05) is 30.7 Å². The van der Waals surface area contributed by atoms with Crippen molar-refractivity contribution in [3.63, 3.8) is 0 Å². The van der Waals surface area contributed by atoms with Gasteiger partial charge in [0.1, 0.15) is 40.1 Å². The van der Waals surface area contributed by atoms with Crippen LogP contribution in [-0.2, 0) is 4.74 Å². The molecule has 2 amide bonds. The van der Waals surface area contributed by atoms with Crippen LogP contribution in [0.3, 0.4) is 0 Å². The molecule has 0 bridgehead atoms. The molecule has 4 heterocycles. The third kappa shape index (κ3) is 5.22. The molecule has 2 aromatic rings. The Morgan fingerprint density at radius 1 is 1.20 bits per heavy atom. The van der Waals surface area contributed by atoms with Gasteiger partial charge in [0, 0.05) is 32.7 Å². The molecule has 1 N–H and O–H groups in total. The molecular weight excluding hydrogens is 539 g/mol. The first-order valence-electron chi connectivity index (χ1n) is 13.4. The summed E-state index contributed by atoms with van der Waals surface area (Å²) in [6.45, 7) is 9.67. The van der Waals surface area contributed by atoms with Gasteiger partial charge in [0.2, 0.25) is 0 Å². The highest BCUT2D eigenvalue weighted by Crippen LogP contribution is 2.46. The Labute approximate surface area is 238 Å². The van der Waals surface area contributed by atoms with Crippen LogP contribution < -0.4 is 4.74 Å². The number of benzene rings is 1. The fourth-order valence-corrected chi connectivity index (χ4v) is 5.79. The Balaban J connectivity index is 1.61. The van der Waals surface area contributed by atoms with Gasteiger partial charge in [-0.3, -0.25) is 4.79 Å². The van der Waals surface area contributed by atoms with Crippen LogP contribution in [-0.4, -0.2) is 94.8 Å². The molecule has 1 fully saturated rings. The number of phenols is 1. The zero-order valence-electron chi connectivity index (χ0n) is 23.3. The number of aromatic nitrogens is 1. The molecule has 1 saturated heterocycles. The number of fused-ring (bicyclic) bond motifs is 2. The van der Waals surface area contributed by atoms with E-state index in [1.165, 1.54) is 18.2 Å². The zero-order chi connectivity index (χ0) is 28.9. The molecule has 0 radical (unpaired) electrons. The van der Waals surface area contributed by atoms with E-state index in [2.05, 4.69) is 4.90 Å². The van der Waals surface area contributed by atoms with Crippen LogP contribution in [0.2, 0.25) is 5.02 Å². The monoisotopic (exact) mass is 572 g/mol.